The molecular weight excluding hydrogens is 206 g/mol. The topological polar surface area (TPSA) is 86.0 Å². The van der Waals surface area contributed by atoms with Gasteiger partial charge in [-0.25, -0.2) is 0 Å². The van der Waals surface area contributed by atoms with E-state index in [1.807, 2.05) is 6.92 Å². The highest BCUT2D eigenvalue weighted by molar-refractivity contribution is 5.33. The lowest BCUT2D eigenvalue weighted by atomic mass is 10.1. The molecule has 0 amide bonds. The Labute approximate surface area is 94.6 Å². The molecule has 0 aliphatic heterocycles. The molecule has 88 valence electrons. The average Bonchev–Trinajstić information content (AvgIpc) is 2.94. The second-order valence-corrected chi connectivity index (χ2v) is 4.40. The quantitative estimate of drug-likeness (QED) is 0.776. The summed E-state index contributed by atoms with van der Waals surface area (Å²) in [6.45, 7) is 5.48. The monoisotopic (exact) mass is 223 g/mol. The van der Waals surface area contributed by atoms with Crippen LogP contribution >= 0.6 is 0 Å². The standard InChI is InChI=1S/C10H17N5O/c1-3-16-9-14-7(11)13-8(15-9)12-6-10(2)4-5-10/h3-6H2,1-2H3,(H3,11,12,13,14,15). The molecule has 0 unspecified atom stereocenters. The summed E-state index contributed by atoms with van der Waals surface area (Å²) in [4.78, 5) is 12.0. The number of aromatic nitrogens is 3. The van der Waals surface area contributed by atoms with Crippen molar-refractivity contribution in [3.8, 4) is 6.01 Å². The van der Waals surface area contributed by atoms with Crippen molar-refractivity contribution in [2.75, 3.05) is 24.2 Å². The Balaban J connectivity index is 2.01. The Morgan fingerprint density at radius 3 is 2.75 bits per heavy atom. The predicted molar refractivity (Wildman–Crippen MR) is 61.2 cm³/mol. The first-order valence-corrected chi connectivity index (χ1v) is 5.49. The molecule has 1 aliphatic carbocycles. The Bertz CT molecular complexity index is 377. The van der Waals surface area contributed by atoms with Crippen molar-refractivity contribution in [3.63, 3.8) is 0 Å². The third-order valence-corrected chi connectivity index (χ3v) is 2.68. The third kappa shape index (κ3) is 2.71. The molecule has 16 heavy (non-hydrogen) atoms. The molecule has 2 rings (SSSR count). The van der Waals surface area contributed by atoms with Crippen LogP contribution in [0.25, 0.3) is 0 Å². The maximum atomic E-state index is 5.56. The van der Waals surface area contributed by atoms with Gasteiger partial charge in [-0.05, 0) is 25.2 Å². The van der Waals surface area contributed by atoms with E-state index in [0.29, 0.717) is 18.0 Å². The van der Waals surface area contributed by atoms with Gasteiger partial charge in [0.05, 0.1) is 6.61 Å². The van der Waals surface area contributed by atoms with Crippen LogP contribution in [0, 0.1) is 5.41 Å². The van der Waals surface area contributed by atoms with Gasteiger partial charge in [0, 0.05) is 6.54 Å². The fourth-order valence-corrected chi connectivity index (χ4v) is 1.33. The normalized spacial score (nSPS) is 16.9. The fourth-order valence-electron chi connectivity index (χ4n) is 1.33. The van der Waals surface area contributed by atoms with Crippen molar-refractivity contribution in [1.29, 1.82) is 0 Å². The van der Waals surface area contributed by atoms with E-state index in [9.17, 15) is 0 Å². The van der Waals surface area contributed by atoms with Crippen LogP contribution in [-0.4, -0.2) is 28.1 Å². The maximum Gasteiger partial charge on any atom is 0.323 e. The number of ether oxygens (including phenoxy) is 1. The molecule has 3 N–H and O–H groups in total. The SMILES string of the molecule is CCOc1nc(N)nc(NCC2(C)CC2)n1. The van der Waals surface area contributed by atoms with Crippen LogP contribution in [0.15, 0.2) is 0 Å². The summed E-state index contributed by atoms with van der Waals surface area (Å²) in [5, 5.41) is 3.16. The summed E-state index contributed by atoms with van der Waals surface area (Å²) in [6.07, 6.45) is 2.50. The first-order valence-electron chi connectivity index (χ1n) is 5.49. The number of hydrogen-bond acceptors (Lipinski definition) is 6. The number of nitrogen functional groups attached to an aromatic ring is 1. The highest BCUT2D eigenvalue weighted by atomic mass is 16.5. The molecule has 0 atom stereocenters. The van der Waals surface area contributed by atoms with E-state index in [0.717, 1.165) is 6.54 Å². The van der Waals surface area contributed by atoms with Gasteiger partial charge in [0.25, 0.3) is 0 Å². The zero-order valence-corrected chi connectivity index (χ0v) is 9.66. The number of hydrogen-bond donors (Lipinski definition) is 2. The van der Waals surface area contributed by atoms with Gasteiger partial charge in [0.15, 0.2) is 0 Å². The molecule has 1 fully saturated rings. The smallest absolute Gasteiger partial charge is 0.323 e. The van der Waals surface area contributed by atoms with E-state index < -0.39 is 0 Å². The van der Waals surface area contributed by atoms with Crippen molar-refractivity contribution >= 4 is 11.9 Å². The van der Waals surface area contributed by atoms with Crippen molar-refractivity contribution in [2.45, 2.75) is 26.7 Å². The van der Waals surface area contributed by atoms with Crippen LogP contribution in [0.2, 0.25) is 0 Å². The molecule has 1 heterocycles. The minimum atomic E-state index is 0.182. The molecule has 1 aromatic heterocycles. The molecule has 0 radical (unpaired) electrons. The Morgan fingerprint density at radius 1 is 1.38 bits per heavy atom. The van der Waals surface area contributed by atoms with Crippen molar-refractivity contribution in [3.05, 3.63) is 0 Å². The van der Waals surface area contributed by atoms with Gasteiger partial charge in [-0.3, -0.25) is 0 Å². The molecule has 6 heteroatoms. The van der Waals surface area contributed by atoms with E-state index in [1.165, 1.54) is 12.8 Å². The average molecular weight is 223 g/mol. The number of nitrogens with one attached hydrogen (secondary N) is 1. The minimum absolute atomic E-state index is 0.182. The molecule has 1 saturated carbocycles. The summed E-state index contributed by atoms with van der Waals surface area (Å²) in [5.41, 5.74) is 5.96. The van der Waals surface area contributed by atoms with Crippen LogP contribution in [0.4, 0.5) is 11.9 Å². The summed E-state index contributed by atoms with van der Waals surface area (Å²) in [7, 11) is 0. The second-order valence-electron chi connectivity index (χ2n) is 4.40. The van der Waals surface area contributed by atoms with E-state index >= 15 is 0 Å². The first kappa shape index (κ1) is 10.9. The fraction of sp³-hybridized carbons (Fsp3) is 0.700. The van der Waals surface area contributed by atoms with Crippen LogP contribution in [-0.2, 0) is 0 Å². The van der Waals surface area contributed by atoms with Gasteiger partial charge in [-0.2, -0.15) is 15.0 Å². The number of nitrogens with zero attached hydrogens (tertiary/aromatic N) is 3. The van der Waals surface area contributed by atoms with E-state index in [-0.39, 0.29) is 12.0 Å². The van der Waals surface area contributed by atoms with E-state index in [4.69, 9.17) is 10.5 Å². The first-order chi connectivity index (χ1) is 7.61. The van der Waals surface area contributed by atoms with Crippen LogP contribution < -0.4 is 15.8 Å². The summed E-state index contributed by atoms with van der Waals surface area (Å²) >= 11 is 0. The summed E-state index contributed by atoms with van der Waals surface area (Å²) in [6, 6.07) is 0.276. The minimum Gasteiger partial charge on any atom is -0.464 e. The predicted octanol–water partition coefficient (Wildman–Crippen LogP) is 1.06. The maximum absolute atomic E-state index is 5.56. The molecule has 0 saturated heterocycles. The van der Waals surface area contributed by atoms with Gasteiger partial charge in [0.2, 0.25) is 11.9 Å². The molecule has 0 aromatic carbocycles. The molecule has 6 nitrogen and oxygen atoms in total. The number of rotatable bonds is 5. The van der Waals surface area contributed by atoms with Gasteiger partial charge >= 0.3 is 6.01 Å². The molecular formula is C10H17N5O. The summed E-state index contributed by atoms with van der Waals surface area (Å²) < 4.78 is 5.19. The van der Waals surface area contributed by atoms with Crippen LogP contribution in [0.5, 0.6) is 6.01 Å². The zero-order valence-electron chi connectivity index (χ0n) is 9.66. The van der Waals surface area contributed by atoms with Gasteiger partial charge in [0.1, 0.15) is 0 Å². The van der Waals surface area contributed by atoms with Crippen LogP contribution in [0.3, 0.4) is 0 Å². The third-order valence-electron chi connectivity index (χ3n) is 2.68. The highest BCUT2D eigenvalue weighted by Gasteiger charge is 2.37. The van der Waals surface area contributed by atoms with Crippen molar-refractivity contribution < 1.29 is 4.74 Å². The Kier molecular flexibility index (Phi) is 2.80. The number of anilines is 2. The lowest BCUT2D eigenvalue weighted by Gasteiger charge is -2.10. The second kappa shape index (κ2) is 4.11. The molecule has 0 spiro atoms. The zero-order chi connectivity index (χ0) is 11.6. The Morgan fingerprint density at radius 2 is 2.12 bits per heavy atom. The lowest BCUT2D eigenvalue weighted by Crippen LogP contribution is -2.15. The lowest BCUT2D eigenvalue weighted by molar-refractivity contribution is 0.312. The van der Waals surface area contributed by atoms with Crippen LogP contribution in [0.1, 0.15) is 26.7 Å². The molecule has 1 aliphatic rings. The molecule has 0 bridgehead atoms. The highest BCUT2D eigenvalue weighted by Crippen LogP contribution is 2.44. The van der Waals surface area contributed by atoms with E-state index in [1.54, 1.807) is 0 Å². The largest absolute Gasteiger partial charge is 0.464 e. The number of nitrogens with two attached hydrogens (primary N) is 1. The Hall–Kier alpha value is -1.59. The van der Waals surface area contributed by atoms with E-state index in [2.05, 4.69) is 27.2 Å². The van der Waals surface area contributed by atoms with Crippen molar-refractivity contribution in [2.24, 2.45) is 5.41 Å². The van der Waals surface area contributed by atoms with Gasteiger partial charge < -0.3 is 15.8 Å². The van der Waals surface area contributed by atoms with Gasteiger partial charge in [-0.15, -0.1) is 0 Å². The summed E-state index contributed by atoms with van der Waals surface area (Å²) in [5.74, 6) is 0.672. The van der Waals surface area contributed by atoms with Gasteiger partial charge in [-0.1, -0.05) is 6.92 Å². The molecule has 1 aromatic rings. The van der Waals surface area contributed by atoms with Crippen molar-refractivity contribution in [1.82, 2.24) is 15.0 Å².